The predicted molar refractivity (Wildman–Crippen MR) is 54.6 cm³/mol. The SMILES string of the molecule is Oc1cc(F)c(C2COCCN2)c(Cl)c1. The van der Waals surface area contributed by atoms with Gasteiger partial charge in [-0.15, -0.1) is 0 Å². The van der Waals surface area contributed by atoms with E-state index >= 15 is 0 Å². The maximum Gasteiger partial charge on any atom is 0.133 e. The van der Waals surface area contributed by atoms with E-state index in [-0.39, 0.29) is 16.8 Å². The van der Waals surface area contributed by atoms with Crippen molar-refractivity contribution >= 4 is 11.6 Å². The second kappa shape index (κ2) is 4.35. The number of ether oxygens (including phenoxy) is 1. The third-order valence-electron chi connectivity index (χ3n) is 2.33. The molecule has 0 saturated carbocycles. The van der Waals surface area contributed by atoms with Crippen LogP contribution in [0.5, 0.6) is 5.75 Å². The van der Waals surface area contributed by atoms with Gasteiger partial charge in [-0.1, -0.05) is 11.6 Å². The van der Waals surface area contributed by atoms with Gasteiger partial charge in [0, 0.05) is 18.2 Å². The van der Waals surface area contributed by atoms with Crippen molar-refractivity contribution in [2.24, 2.45) is 0 Å². The summed E-state index contributed by atoms with van der Waals surface area (Å²) in [5, 5.41) is 12.5. The van der Waals surface area contributed by atoms with Crippen LogP contribution in [0, 0.1) is 5.82 Å². The van der Waals surface area contributed by atoms with Crippen LogP contribution in [0.25, 0.3) is 0 Å². The summed E-state index contributed by atoms with van der Waals surface area (Å²) >= 11 is 5.87. The molecule has 2 N–H and O–H groups in total. The Morgan fingerprint density at radius 1 is 1.53 bits per heavy atom. The number of aromatic hydroxyl groups is 1. The van der Waals surface area contributed by atoms with Crippen molar-refractivity contribution in [2.45, 2.75) is 6.04 Å². The molecule has 2 rings (SSSR count). The maximum absolute atomic E-state index is 13.6. The molecule has 1 aromatic rings. The van der Waals surface area contributed by atoms with Crippen molar-refractivity contribution in [3.8, 4) is 5.75 Å². The van der Waals surface area contributed by atoms with Gasteiger partial charge in [0.25, 0.3) is 0 Å². The minimum absolute atomic E-state index is 0.169. The van der Waals surface area contributed by atoms with E-state index in [1.54, 1.807) is 0 Å². The van der Waals surface area contributed by atoms with Crippen molar-refractivity contribution in [3.63, 3.8) is 0 Å². The van der Waals surface area contributed by atoms with Crippen molar-refractivity contribution in [2.75, 3.05) is 19.8 Å². The monoisotopic (exact) mass is 231 g/mol. The molecule has 0 amide bonds. The molecule has 1 fully saturated rings. The lowest BCUT2D eigenvalue weighted by molar-refractivity contribution is 0.0757. The average molecular weight is 232 g/mol. The third kappa shape index (κ3) is 2.22. The quantitative estimate of drug-likeness (QED) is 0.775. The van der Waals surface area contributed by atoms with Crippen LogP contribution in [0.2, 0.25) is 5.02 Å². The molecule has 1 heterocycles. The van der Waals surface area contributed by atoms with E-state index in [4.69, 9.17) is 21.4 Å². The van der Waals surface area contributed by atoms with Crippen LogP contribution in [0.15, 0.2) is 12.1 Å². The van der Waals surface area contributed by atoms with Gasteiger partial charge in [0.2, 0.25) is 0 Å². The molecule has 1 aromatic carbocycles. The zero-order chi connectivity index (χ0) is 10.8. The number of nitrogens with one attached hydrogen (secondary N) is 1. The van der Waals surface area contributed by atoms with E-state index in [0.717, 1.165) is 6.07 Å². The lowest BCUT2D eigenvalue weighted by Crippen LogP contribution is -2.35. The first-order chi connectivity index (χ1) is 7.18. The fourth-order valence-electron chi connectivity index (χ4n) is 1.65. The summed E-state index contributed by atoms with van der Waals surface area (Å²) in [7, 11) is 0. The Morgan fingerprint density at radius 2 is 2.33 bits per heavy atom. The van der Waals surface area contributed by atoms with E-state index in [9.17, 15) is 4.39 Å². The number of rotatable bonds is 1. The Morgan fingerprint density at radius 3 is 2.93 bits per heavy atom. The molecule has 0 aliphatic carbocycles. The normalized spacial score (nSPS) is 21.6. The van der Waals surface area contributed by atoms with Crippen molar-refractivity contribution in [1.82, 2.24) is 5.32 Å². The van der Waals surface area contributed by atoms with Gasteiger partial charge in [0.05, 0.1) is 24.3 Å². The molecule has 0 aromatic heterocycles. The fraction of sp³-hybridized carbons (Fsp3) is 0.400. The minimum atomic E-state index is -0.511. The summed E-state index contributed by atoms with van der Waals surface area (Å²) in [4.78, 5) is 0. The molecular weight excluding hydrogens is 221 g/mol. The second-order valence-corrected chi connectivity index (χ2v) is 3.81. The maximum atomic E-state index is 13.6. The third-order valence-corrected chi connectivity index (χ3v) is 2.65. The van der Waals surface area contributed by atoms with Crippen LogP contribution in [0.4, 0.5) is 4.39 Å². The standard InChI is InChI=1S/C10H11ClFNO2/c11-7-3-6(14)4-8(12)10(7)9-5-15-2-1-13-9/h3-4,9,13-14H,1-2,5H2. The van der Waals surface area contributed by atoms with Gasteiger partial charge in [-0.05, 0) is 6.07 Å². The summed E-state index contributed by atoms with van der Waals surface area (Å²) in [6.07, 6.45) is 0. The number of phenols is 1. The van der Waals surface area contributed by atoms with Crippen molar-refractivity contribution in [3.05, 3.63) is 28.5 Å². The molecule has 0 bridgehead atoms. The van der Waals surface area contributed by atoms with Crippen LogP contribution in [0.3, 0.4) is 0 Å². The summed E-state index contributed by atoms with van der Waals surface area (Å²) < 4.78 is 18.8. The van der Waals surface area contributed by atoms with Gasteiger partial charge in [-0.25, -0.2) is 4.39 Å². The van der Waals surface area contributed by atoms with E-state index in [1.807, 2.05) is 0 Å². The van der Waals surface area contributed by atoms with Crippen LogP contribution in [-0.4, -0.2) is 24.9 Å². The Hall–Kier alpha value is -0.840. The van der Waals surface area contributed by atoms with Crippen LogP contribution in [-0.2, 0) is 4.74 Å². The summed E-state index contributed by atoms with van der Waals surface area (Å²) in [5.41, 5.74) is 0.356. The molecule has 1 aliphatic rings. The first-order valence-corrected chi connectivity index (χ1v) is 5.05. The molecule has 1 atom stereocenters. The van der Waals surface area contributed by atoms with E-state index in [0.29, 0.717) is 25.3 Å². The topological polar surface area (TPSA) is 41.5 Å². The molecule has 1 saturated heterocycles. The summed E-state index contributed by atoms with van der Waals surface area (Å²) in [5.74, 6) is -0.680. The lowest BCUT2D eigenvalue weighted by Gasteiger charge is -2.25. The molecule has 3 nitrogen and oxygen atoms in total. The Labute approximate surface area is 91.8 Å². The molecule has 0 spiro atoms. The van der Waals surface area contributed by atoms with Crippen LogP contribution < -0.4 is 5.32 Å². The van der Waals surface area contributed by atoms with E-state index in [2.05, 4.69) is 5.32 Å². The number of hydrogen-bond donors (Lipinski definition) is 2. The Balaban J connectivity index is 2.33. The minimum Gasteiger partial charge on any atom is -0.508 e. The number of hydrogen-bond acceptors (Lipinski definition) is 3. The summed E-state index contributed by atoms with van der Waals surface area (Å²) in [6, 6.07) is 2.14. The number of phenolic OH excluding ortho intramolecular Hbond substituents is 1. The van der Waals surface area contributed by atoms with Crippen molar-refractivity contribution < 1.29 is 14.2 Å². The first-order valence-electron chi connectivity index (χ1n) is 4.67. The Kier molecular flexibility index (Phi) is 3.09. The second-order valence-electron chi connectivity index (χ2n) is 3.40. The molecule has 15 heavy (non-hydrogen) atoms. The molecule has 82 valence electrons. The fourth-order valence-corrected chi connectivity index (χ4v) is 1.99. The van der Waals surface area contributed by atoms with E-state index < -0.39 is 5.82 Å². The predicted octanol–water partition coefficient (Wildman–Crippen LogP) is 1.85. The van der Waals surface area contributed by atoms with Gasteiger partial charge in [-0.3, -0.25) is 0 Å². The van der Waals surface area contributed by atoms with Crippen LogP contribution in [0.1, 0.15) is 11.6 Å². The highest BCUT2D eigenvalue weighted by atomic mass is 35.5. The first kappa shape index (κ1) is 10.7. The highest BCUT2D eigenvalue weighted by Gasteiger charge is 2.22. The number of halogens is 2. The zero-order valence-corrected chi connectivity index (χ0v) is 8.72. The van der Waals surface area contributed by atoms with Gasteiger partial charge in [-0.2, -0.15) is 0 Å². The smallest absolute Gasteiger partial charge is 0.133 e. The average Bonchev–Trinajstić information content (AvgIpc) is 2.17. The number of morpholine rings is 1. The largest absolute Gasteiger partial charge is 0.508 e. The molecule has 1 aliphatic heterocycles. The summed E-state index contributed by atoms with van der Waals surface area (Å²) in [6.45, 7) is 1.68. The van der Waals surface area contributed by atoms with Gasteiger partial charge in [0.15, 0.2) is 0 Å². The molecule has 5 heteroatoms. The van der Waals surface area contributed by atoms with Gasteiger partial charge >= 0.3 is 0 Å². The molecule has 1 unspecified atom stereocenters. The van der Waals surface area contributed by atoms with Crippen molar-refractivity contribution in [1.29, 1.82) is 0 Å². The zero-order valence-electron chi connectivity index (χ0n) is 7.96. The van der Waals surface area contributed by atoms with E-state index in [1.165, 1.54) is 6.07 Å². The van der Waals surface area contributed by atoms with Crippen LogP contribution >= 0.6 is 11.6 Å². The highest BCUT2D eigenvalue weighted by molar-refractivity contribution is 6.31. The van der Waals surface area contributed by atoms with Gasteiger partial charge in [0.1, 0.15) is 11.6 Å². The molecule has 0 radical (unpaired) electrons. The Bertz CT molecular complexity index is 343. The molecular formula is C10H11ClFNO2. The lowest BCUT2D eigenvalue weighted by atomic mass is 10.1. The van der Waals surface area contributed by atoms with Gasteiger partial charge < -0.3 is 15.2 Å². The number of benzene rings is 1. The highest BCUT2D eigenvalue weighted by Crippen LogP contribution is 2.30.